The number of rotatable bonds is 5. The van der Waals surface area contributed by atoms with E-state index in [0.29, 0.717) is 0 Å². The Labute approximate surface area is 109 Å². The molecule has 0 atom stereocenters. The van der Waals surface area contributed by atoms with Crippen LogP contribution in [0.3, 0.4) is 0 Å². The van der Waals surface area contributed by atoms with Crippen molar-refractivity contribution in [1.82, 2.24) is 10.2 Å². The molecule has 18 heavy (non-hydrogen) atoms. The topological polar surface area (TPSA) is 32.3 Å². The summed E-state index contributed by atoms with van der Waals surface area (Å²) in [4.78, 5) is 14.4. The van der Waals surface area contributed by atoms with Gasteiger partial charge in [-0.1, -0.05) is 19.9 Å². The predicted molar refractivity (Wildman–Crippen MR) is 73.5 cm³/mol. The number of hydrogen-bond donors (Lipinski definition) is 1. The number of hydrogen-bond acceptors (Lipinski definition) is 2. The summed E-state index contributed by atoms with van der Waals surface area (Å²) in [5.74, 6) is 0.174. The quantitative estimate of drug-likeness (QED) is 0.866. The fourth-order valence-corrected chi connectivity index (χ4v) is 2.47. The van der Waals surface area contributed by atoms with Crippen molar-refractivity contribution in [3.63, 3.8) is 0 Å². The SMILES string of the molecule is CCCN(CCC)C(=O)c1ccc2c(c1)CNC2. The van der Waals surface area contributed by atoms with Crippen molar-refractivity contribution in [1.29, 1.82) is 0 Å². The molecule has 0 saturated carbocycles. The Hall–Kier alpha value is -1.35. The third-order valence-electron chi connectivity index (χ3n) is 3.36. The van der Waals surface area contributed by atoms with Gasteiger partial charge in [0, 0.05) is 31.7 Å². The Morgan fingerprint density at radius 2 is 1.83 bits per heavy atom. The highest BCUT2D eigenvalue weighted by atomic mass is 16.2. The molecule has 0 fully saturated rings. The first-order chi connectivity index (χ1) is 8.76. The van der Waals surface area contributed by atoms with Gasteiger partial charge in [-0.3, -0.25) is 4.79 Å². The van der Waals surface area contributed by atoms with Crippen molar-refractivity contribution in [2.24, 2.45) is 0 Å². The van der Waals surface area contributed by atoms with Gasteiger partial charge in [0.05, 0.1) is 0 Å². The van der Waals surface area contributed by atoms with E-state index in [9.17, 15) is 4.79 Å². The average Bonchev–Trinajstić information content (AvgIpc) is 2.84. The molecule has 0 aliphatic carbocycles. The average molecular weight is 246 g/mol. The fraction of sp³-hybridized carbons (Fsp3) is 0.533. The van der Waals surface area contributed by atoms with Gasteiger partial charge in [0.15, 0.2) is 0 Å². The van der Waals surface area contributed by atoms with Crippen LogP contribution in [0.1, 0.15) is 48.2 Å². The largest absolute Gasteiger partial charge is 0.339 e. The van der Waals surface area contributed by atoms with Gasteiger partial charge in [0.25, 0.3) is 5.91 Å². The van der Waals surface area contributed by atoms with Gasteiger partial charge in [-0.2, -0.15) is 0 Å². The van der Waals surface area contributed by atoms with E-state index >= 15 is 0 Å². The molecule has 2 rings (SSSR count). The first kappa shape index (κ1) is 13.1. The molecule has 1 aromatic carbocycles. The van der Waals surface area contributed by atoms with Crippen LogP contribution in [-0.4, -0.2) is 23.9 Å². The van der Waals surface area contributed by atoms with Crippen LogP contribution in [0.2, 0.25) is 0 Å². The van der Waals surface area contributed by atoms with Crippen molar-refractivity contribution in [3.8, 4) is 0 Å². The lowest BCUT2D eigenvalue weighted by Gasteiger charge is -2.21. The second-order valence-corrected chi connectivity index (χ2v) is 4.88. The van der Waals surface area contributed by atoms with Crippen LogP contribution in [0.5, 0.6) is 0 Å². The lowest BCUT2D eigenvalue weighted by Crippen LogP contribution is -2.32. The maximum atomic E-state index is 12.4. The van der Waals surface area contributed by atoms with Gasteiger partial charge in [0.1, 0.15) is 0 Å². The second-order valence-electron chi connectivity index (χ2n) is 4.88. The standard InChI is InChI=1S/C15H22N2O/c1-3-7-17(8-4-2)15(18)12-5-6-13-10-16-11-14(13)9-12/h5-6,9,16H,3-4,7-8,10-11H2,1-2H3. The third kappa shape index (κ3) is 2.72. The monoisotopic (exact) mass is 246 g/mol. The molecule has 0 aromatic heterocycles. The van der Waals surface area contributed by atoms with Crippen molar-refractivity contribution in [3.05, 3.63) is 34.9 Å². The van der Waals surface area contributed by atoms with E-state index in [1.807, 2.05) is 11.0 Å². The smallest absolute Gasteiger partial charge is 0.253 e. The van der Waals surface area contributed by atoms with E-state index in [4.69, 9.17) is 0 Å². The molecule has 0 spiro atoms. The Morgan fingerprint density at radius 1 is 1.17 bits per heavy atom. The molecule has 1 amide bonds. The minimum absolute atomic E-state index is 0.174. The first-order valence-corrected chi connectivity index (χ1v) is 6.88. The Morgan fingerprint density at radius 3 is 2.50 bits per heavy atom. The first-order valence-electron chi connectivity index (χ1n) is 6.88. The molecule has 0 bridgehead atoms. The van der Waals surface area contributed by atoms with Crippen LogP contribution in [0.15, 0.2) is 18.2 Å². The number of fused-ring (bicyclic) bond motifs is 1. The maximum absolute atomic E-state index is 12.4. The maximum Gasteiger partial charge on any atom is 0.253 e. The zero-order valence-corrected chi connectivity index (χ0v) is 11.3. The summed E-state index contributed by atoms with van der Waals surface area (Å²) in [7, 11) is 0. The molecular formula is C15H22N2O. The van der Waals surface area contributed by atoms with Gasteiger partial charge in [-0.25, -0.2) is 0 Å². The second kappa shape index (κ2) is 6.01. The molecule has 3 heteroatoms. The summed E-state index contributed by atoms with van der Waals surface area (Å²) in [6.45, 7) is 7.74. The lowest BCUT2D eigenvalue weighted by molar-refractivity contribution is 0.0755. The lowest BCUT2D eigenvalue weighted by atomic mass is 10.1. The van der Waals surface area contributed by atoms with Crippen molar-refractivity contribution < 1.29 is 4.79 Å². The van der Waals surface area contributed by atoms with Crippen LogP contribution in [0, 0.1) is 0 Å². The summed E-state index contributed by atoms with van der Waals surface area (Å²) < 4.78 is 0. The fourth-order valence-electron chi connectivity index (χ4n) is 2.47. The van der Waals surface area contributed by atoms with Gasteiger partial charge < -0.3 is 10.2 Å². The molecule has 0 radical (unpaired) electrons. The molecule has 1 heterocycles. The number of nitrogens with one attached hydrogen (secondary N) is 1. The van der Waals surface area contributed by atoms with Crippen LogP contribution in [0.4, 0.5) is 0 Å². The molecular weight excluding hydrogens is 224 g/mol. The van der Waals surface area contributed by atoms with Crippen molar-refractivity contribution >= 4 is 5.91 Å². The van der Waals surface area contributed by atoms with Crippen LogP contribution in [0.25, 0.3) is 0 Å². The Balaban J connectivity index is 2.16. The molecule has 1 aromatic rings. The third-order valence-corrected chi connectivity index (χ3v) is 3.36. The summed E-state index contributed by atoms with van der Waals surface area (Å²) in [5, 5.41) is 3.31. The van der Waals surface area contributed by atoms with Crippen molar-refractivity contribution in [2.75, 3.05) is 13.1 Å². The van der Waals surface area contributed by atoms with Crippen molar-refractivity contribution in [2.45, 2.75) is 39.8 Å². The van der Waals surface area contributed by atoms with E-state index in [-0.39, 0.29) is 5.91 Å². The highest BCUT2D eigenvalue weighted by Crippen LogP contribution is 2.18. The van der Waals surface area contributed by atoms with E-state index in [1.54, 1.807) is 0 Å². The zero-order chi connectivity index (χ0) is 13.0. The zero-order valence-electron chi connectivity index (χ0n) is 11.3. The Kier molecular flexibility index (Phi) is 4.37. The molecule has 98 valence electrons. The van der Waals surface area contributed by atoms with Crippen LogP contribution in [-0.2, 0) is 13.1 Å². The highest BCUT2D eigenvalue weighted by molar-refractivity contribution is 5.94. The van der Waals surface area contributed by atoms with Crippen LogP contribution < -0.4 is 5.32 Å². The number of benzene rings is 1. The minimum Gasteiger partial charge on any atom is -0.339 e. The molecule has 1 aliphatic rings. The molecule has 1 aliphatic heterocycles. The Bertz CT molecular complexity index is 423. The number of nitrogens with zero attached hydrogens (tertiary/aromatic N) is 1. The molecule has 3 nitrogen and oxygen atoms in total. The van der Waals surface area contributed by atoms with Gasteiger partial charge in [0.2, 0.25) is 0 Å². The summed E-state index contributed by atoms with van der Waals surface area (Å²) in [5.41, 5.74) is 3.43. The van der Waals surface area contributed by atoms with E-state index in [1.165, 1.54) is 11.1 Å². The van der Waals surface area contributed by atoms with Gasteiger partial charge >= 0.3 is 0 Å². The van der Waals surface area contributed by atoms with E-state index < -0.39 is 0 Å². The van der Waals surface area contributed by atoms with E-state index in [2.05, 4.69) is 31.3 Å². The summed E-state index contributed by atoms with van der Waals surface area (Å²) >= 11 is 0. The molecule has 0 saturated heterocycles. The normalized spacial score (nSPS) is 13.4. The number of carbonyl (C=O) groups excluding carboxylic acids is 1. The van der Waals surface area contributed by atoms with Gasteiger partial charge in [-0.05, 0) is 36.1 Å². The number of amides is 1. The highest BCUT2D eigenvalue weighted by Gasteiger charge is 2.17. The predicted octanol–water partition coefficient (Wildman–Crippen LogP) is 2.55. The molecule has 0 unspecified atom stereocenters. The van der Waals surface area contributed by atoms with Crippen LogP contribution >= 0.6 is 0 Å². The van der Waals surface area contributed by atoms with Gasteiger partial charge in [-0.15, -0.1) is 0 Å². The van der Waals surface area contributed by atoms with E-state index in [0.717, 1.165) is 44.6 Å². The minimum atomic E-state index is 0.174. The molecule has 1 N–H and O–H groups in total. The summed E-state index contributed by atoms with van der Waals surface area (Å²) in [6, 6.07) is 6.10. The number of carbonyl (C=O) groups is 1. The summed E-state index contributed by atoms with van der Waals surface area (Å²) in [6.07, 6.45) is 2.02.